The van der Waals surface area contributed by atoms with E-state index in [1.165, 1.54) is 7.11 Å². The fourth-order valence-corrected chi connectivity index (χ4v) is 0.839. The predicted octanol–water partition coefficient (Wildman–Crippen LogP) is 1.72. The summed E-state index contributed by atoms with van der Waals surface area (Å²) in [6.45, 7) is -0.155. The Morgan fingerprint density at radius 3 is 2.86 bits per heavy atom. The van der Waals surface area contributed by atoms with Crippen molar-refractivity contribution in [1.82, 2.24) is 0 Å². The van der Waals surface area contributed by atoms with E-state index >= 15 is 0 Å². The van der Waals surface area contributed by atoms with Gasteiger partial charge in [-0.15, -0.1) is 0 Å². The standard InChI is InChI=1S/C8H8FNO4/c1-13-5-14-8-4-6(10(11)12)2-3-7(8)9/h2-4H,5H2,1H3. The Morgan fingerprint density at radius 1 is 1.57 bits per heavy atom. The molecule has 1 aromatic carbocycles. The van der Waals surface area contributed by atoms with E-state index in [1.54, 1.807) is 0 Å². The molecule has 0 fully saturated rings. The molecule has 1 aromatic rings. The van der Waals surface area contributed by atoms with Crippen molar-refractivity contribution < 1.29 is 18.8 Å². The number of nitro benzene ring substituents is 1. The molecule has 0 radical (unpaired) electrons. The van der Waals surface area contributed by atoms with Crippen LogP contribution in [0, 0.1) is 15.9 Å². The molecule has 0 saturated heterocycles. The summed E-state index contributed by atoms with van der Waals surface area (Å²) in [5, 5.41) is 10.3. The van der Waals surface area contributed by atoms with Gasteiger partial charge in [-0.2, -0.15) is 0 Å². The summed E-state index contributed by atoms with van der Waals surface area (Å²) in [6, 6.07) is 3.05. The molecule has 0 aromatic heterocycles. The second-order valence-corrected chi connectivity index (χ2v) is 2.42. The van der Waals surface area contributed by atoms with Crippen LogP contribution in [0.5, 0.6) is 5.75 Å². The molecule has 0 saturated carbocycles. The van der Waals surface area contributed by atoms with Crippen molar-refractivity contribution in [3.05, 3.63) is 34.1 Å². The van der Waals surface area contributed by atoms with Gasteiger partial charge in [-0.1, -0.05) is 0 Å². The zero-order valence-corrected chi connectivity index (χ0v) is 7.40. The molecular weight excluding hydrogens is 193 g/mol. The van der Waals surface area contributed by atoms with E-state index in [9.17, 15) is 14.5 Å². The van der Waals surface area contributed by atoms with Crippen LogP contribution in [0.15, 0.2) is 18.2 Å². The van der Waals surface area contributed by atoms with Crippen molar-refractivity contribution in [3.8, 4) is 5.75 Å². The van der Waals surface area contributed by atoms with Crippen LogP contribution in [0.1, 0.15) is 0 Å². The lowest BCUT2D eigenvalue weighted by molar-refractivity contribution is -0.385. The van der Waals surface area contributed by atoms with Gasteiger partial charge in [0, 0.05) is 13.2 Å². The highest BCUT2D eigenvalue weighted by Crippen LogP contribution is 2.23. The lowest BCUT2D eigenvalue weighted by Crippen LogP contribution is -2.01. The predicted molar refractivity (Wildman–Crippen MR) is 45.6 cm³/mol. The molecule has 0 atom stereocenters. The lowest BCUT2D eigenvalue weighted by atomic mass is 10.3. The van der Waals surface area contributed by atoms with Gasteiger partial charge < -0.3 is 9.47 Å². The van der Waals surface area contributed by atoms with E-state index in [2.05, 4.69) is 4.74 Å². The zero-order valence-electron chi connectivity index (χ0n) is 7.40. The number of benzene rings is 1. The number of nitrogens with zero attached hydrogens (tertiary/aromatic N) is 1. The molecule has 0 amide bonds. The molecule has 0 heterocycles. The van der Waals surface area contributed by atoms with Crippen LogP contribution in [0.4, 0.5) is 10.1 Å². The Labute approximate surface area is 79.2 Å². The minimum absolute atomic E-state index is 0.155. The normalized spacial score (nSPS) is 9.86. The van der Waals surface area contributed by atoms with Crippen molar-refractivity contribution in [2.24, 2.45) is 0 Å². The van der Waals surface area contributed by atoms with Crippen LogP contribution in [0.2, 0.25) is 0 Å². The first-order chi connectivity index (χ1) is 6.65. The molecular formula is C8H8FNO4. The van der Waals surface area contributed by atoms with E-state index < -0.39 is 10.7 Å². The fourth-order valence-electron chi connectivity index (χ4n) is 0.839. The third-order valence-electron chi connectivity index (χ3n) is 1.46. The molecule has 6 heteroatoms. The Hall–Kier alpha value is -1.69. The van der Waals surface area contributed by atoms with Gasteiger partial charge in [-0.05, 0) is 6.07 Å². The summed E-state index contributed by atoms with van der Waals surface area (Å²) in [5.41, 5.74) is -0.225. The average Bonchev–Trinajstić information content (AvgIpc) is 2.16. The summed E-state index contributed by atoms with van der Waals surface area (Å²) in [7, 11) is 1.37. The van der Waals surface area contributed by atoms with E-state index in [4.69, 9.17) is 4.74 Å². The molecule has 0 aliphatic rings. The third-order valence-corrected chi connectivity index (χ3v) is 1.46. The Kier molecular flexibility index (Phi) is 3.35. The van der Waals surface area contributed by atoms with Gasteiger partial charge in [0.05, 0.1) is 11.0 Å². The number of nitro groups is 1. The number of halogens is 1. The van der Waals surface area contributed by atoms with Crippen molar-refractivity contribution in [1.29, 1.82) is 0 Å². The maximum atomic E-state index is 13.0. The van der Waals surface area contributed by atoms with Gasteiger partial charge in [0.2, 0.25) is 0 Å². The van der Waals surface area contributed by atoms with Gasteiger partial charge >= 0.3 is 0 Å². The number of rotatable bonds is 4. The minimum Gasteiger partial charge on any atom is -0.464 e. The van der Waals surface area contributed by atoms with Gasteiger partial charge in [-0.3, -0.25) is 10.1 Å². The van der Waals surface area contributed by atoms with E-state index in [-0.39, 0.29) is 18.2 Å². The molecule has 5 nitrogen and oxygen atoms in total. The molecule has 0 N–H and O–H groups in total. The number of ether oxygens (including phenoxy) is 2. The van der Waals surface area contributed by atoms with Crippen LogP contribution in [-0.4, -0.2) is 18.8 Å². The number of hydrogen-bond acceptors (Lipinski definition) is 4. The summed E-state index contributed by atoms with van der Waals surface area (Å²) < 4.78 is 22.3. The first-order valence-corrected chi connectivity index (χ1v) is 3.71. The highest BCUT2D eigenvalue weighted by atomic mass is 19.1. The topological polar surface area (TPSA) is 61.6 Å². The summed E-state index contributed by atoms with van der Waals surface area (Å²) in [4.78, 5) is 9.71. The maximum absolute atomic E-state index is 13.0. The number of hydrogen-bond donors (Lipinski definition) is 0. The highest BCUT2D eigenvalue weighted by molar-refractivity contribution is 5.39. The second-order valence-electron chi connectivity index (χ2n) is 2.42. The van der Waals surface area contributed by atoms with E-state index in [0.717, 1.165) is 18.2 Å². The number of non-ortho nitro benzene ring substituents is 1. The molecule has 0 spiro atoms. The molecule has 0 bridgehead atoms. The van der Waals surface area contributed by atoms with Crippen LogP contribution in [0.25, 0.3) is 0 Å². The van der Waals surface area contributed by atoms with Gasteiger partial charge in [0.15, 0.2) is 18.4 Å². The second kappa shape index (κ2) is 4.52. The smallest absolute Gasteiger partial charge is 0.273 e. The summed E-state index contributed by atoms with van der Waals surface area (Å²) in [6.07, 6.45) is 0. The molecule has 14 heavy (non-hydrogen) atoms. The third kappa shape index (κ3) is 2.40. The number of methoxy groups -OCH3 is 1. The monoisotopic (exact) mass is 201 g/mol. The van der Waals surface area contributed by atoms with E-state index in [1.807, 2.05) is 0 Å². The summed E-state index contributed by atoms with van der Waals surface area (Å²) >= 11 is 0. The Bertz CT molecular complexity index is 342. The van der Waals surface area contributed by atoms with Crippen molar-refractivity contribution in [3.63, 3.8) is 0 Å². The fraction of sp³-hybridized carbons (Fsp3) is 0.250. The van der Waals surface area contributed by atoms with E-state index in [0.29, 0.717) is 0 Å². The first kappa shape index (κ1) is 10.4. The quantitative estimate of drug-likeness (QED) is 0.422. The van der Waals surface area contributed by atoms with Crippen molar-refractivity contribution in [2.45, 2.75) is 0 Å². The van der Waals surface area contributed by atoms with Crippen LogP contribution >= 0.6 is 0 Å². The molecule has 0 aliphatic carbocycles. The largest absolute Gasteiger partial charge is 0.464 e. The van der Waals surface area contributed by atoms with Crippen LogP contribution in [-0.2, 0) is 4.74 Å². The molecule has 0 unspecified atom stereocenters. The lowest BCUT2D eigenvalue weighted by Gasteiger charge is -2.04. The minimum atomic E-state index is -0.660. The molecule has 76 valence electrons. The van der Waals surface area contributed by atoms with Gasteiger partial charge in [0.1, 0.15) is 0 Å². The Balaban J connectivity index is 2.90. The van der Waals surface area contributed by atoms with Crippen LogP contribution < -0.4 is 4.74 Å². The van der Waals surface area contributed by atoms with Gasteiger partial charge in [0.25, 0.3) is 5.69 Å². The maximum Gasteiger partial charge on any atom is 0.273 e. The zero-order chi connectivity index (χ0) is 10.6. The van der Waals surface area contributed by atoms with Crippen molar-refractivity contribution in [2.75, 3.05) is 13.9 Å². The Morgan fingerprint density at radius 2 is 2.29 bits per heavy atom. The average molecular weight is 201 g/mol. The summed E-state index contributed by atoms with van der Waals surface area (Å²) in [5.74, 6) is -0.853. The van der Waals surface area contributed by atoms with Gasteiger partial charge in [-0.25, -0.2) is 4.39 Å². The molecule has 0 aliphatic heterocycles. The van der Waals surface area contributed by atoms with Crippen molar-refractivity contribution >= 4 is 5.69 Å². The highest BCUT2D eigenvalue weighted by Gasteiger charge is 2.11. The first-order valence-electron chi connectivity index (χ1n) is 3.71. The SMILES string of the molecule is COCOc1cc([N+](=O)[O-])ccc1F. The molecule has 1 rings (SSSR count). The van der Waals surface area contributed by atoms with Crippen LogP contribution in [0.3, 0.4) is 0 Å².